The molecule has 11 nitrogen and oxygen atoms in total. The minimum absolute atomic E-state index is 0.118. The number of ether oxygens (including phenoxy) is 4. The van der Waals surface area contributed by atoms with E-state index in [9.17, 15) is 4.79 Å². The summed E-state index contributed by atoms with van der Waals surface area (Å²) in [6, 6.07) is 4.97. The lowest BCUT2D eigenvalue weighted by atomic mass is 10.3. The highest BCUT2D eigenvalue weighted by Crippen LogP contribution is 2.34. The molecular weight excluding hydrogens is 368 g/mol. The Balaban J connectivity index is 1.38. The number of fused-ring (bicyclic) bond motifs is 1. The third-order valence-electron chi connectivity index (χ3n) is 4.16. The number of anilines is 2. The summed E-state index contributed by atoms with van der Waals surface area (Å²) in [5, 5.41) is 5.46. The third kappa shape index (κ3) is 4.14. The van der Waals surface area contributed by atoms with E-state index < -0.39 is 6.03 Å². The van der Waals surface area contributed by atoms with Gasteiger partial charge < -0.3 is 34.5 Å². The number of morpholine rings is 1. The zero-order valence-electron chi connectivity index (χ0n) is 15.3. The number of aromatic nitrogens is 3. The van der Waals surface area contributed by atoms with Gasteiger partial charge in [-0.05, 0) is 12.1 Å². The van der Waals surface area contributed by atoms with E-state index in [1.54, 1.807) is 18.2 Å². The number of carbonyl (C=O) groups is 1. The first-order chi connectivity index (χ1) is 13.7. The summed E-state index contributed by atoms with van der Waals surface area (Å²) in [4.78, 5) is 27.1. The van der Waals surface area contributed by atoms with E-state index in [4.69, 9.17) is 18.9 Å². The summed E-state index contributed by atoms with van der Waals surface area (Å²) in [6.07, 6.45) is 0. The van der Waals surface area contributed by atoms with Gasteiger partial charge in [0.15, 0.2) is 17.3 Å². The summed E-state index contributed by atoms with van der Waals surface area (Å²) in [6.45, 7) is 2.89. The van der Waals surface area contributed by atoms with Crippen LogP contribution in [0, 0.1) is 0 Å². The number of carbonyl (C=O) groups excluding carboxylic acids is 1. The van der Waals surface area contributed by atoms with Gasteiger partial charge in [0.25, 0.3) is 0 Å². The minimum Gasteiger partial charge on any atom is -0.467 e. The number of methoxy groups -OCH3 is 1. The Morgan fingerprint density at radius 3 is 2.82 bits per heavy atom. The summed E-state index contributed by atoms with van der Waals surface area (Å²) in [5.74, 6) is 2.14. The highest BCUT2D eigenvalue weighted by atomic mass is 16.7. The quantitative estimate of drug-likeness (QED) is 0.765. The van der Waals surface area contributed by atoms with Crippen LogP contribution in [0.3, 0.4) is 0 Å². The fourth-order valence-electron chi connectivity index (χ4n) is 2.77. The van der Waals surface area contributed by atoms with Gasteiger partial charge in [-0.1, -0.05) is 0 Å². The van der Waals surface area contributed by atoms with Gasteiger partial charge in [-0.25, -0.2) is 4.79 Å². The molecule has 3 heterocycles. The molecule has 1 fully saturated rings. The van der Waals surface area contributed by atoms with Gasteiger partial charge in [0.2, 0.25) is 12.7 Å². The molecule has 0 saturated carbocycles. The van der Waals surface area contributed by atoms with Crippen LogP contribution in [0.15, 0.2) is 18.2 Å². The molecular formula is C17H20N6O5. The van der Waals surface area contributed by atoms with Crippen molar-refractivity contribution in [3.63, 3.8) is 0 Å². The molecule has 148 valence electrons. The first-order valence-corrected chi connectivity index (χ1v) is 8.77. The van der Waals surface area contributed by atoms with Crippen LogP contribution in [0.4, 0.5) is 16.4 Å². The van der Waals surface area contributed by atoms with Crippen molar-refractivity contribution in [3.05, 3.63) is 24.0 Å². The Morgan fingerprint density at radius 2 is 2.00 bits per heavy atom. The Labute approximate surface area is 161 Å². The maximum atomic E-state index is 12.2. The van der Waals surface area contributed by atoms with Crippen molar-refractivity contribution in [2.24, 2.45) is 0 Å². The van der Waals surface area contributed by atoms with Gasteiger partial charge in [0.1, 0.15) is 0 Å². The van der Waals surface area contributed by atoms with Gasteiger partial charge in [0, 0.05) is 24.8 Å². The maximum Gasteiger partial charge on any atom is 0.321 e. The number of hydrogen-bond acceptors (Lipinski definition) is 9. The van der Waals surface area contributed by atoms with Crippen LogP contribution in [-0.4, -0.2) is 61.2 Å². The molecule has 2 amide bonds. The number of nitrogens with zero attached hydrogens (tertiary/aromatic N) is 4. The number of urea groups is 1. The largest absolute Gasteiger partial charge is 0.467 e. The van der Waals surface area contributed by atoms with Crippen LogP contribution in [0.1, 0.15) is 5.82 Å². The Bertz CT molecular complexity index is 858. The lowest BCUT2D eigenvalue weighted by Gasteiger charge is -2.26. The fourth-order valence-corrected chi connectivity index (χ4v) is 2.77. The van der Waals surface area contributed by atoms with Crippen LogP contribution in [0.2, 0.25) is 0 Å². The summed E-state index contributed by atoms with van der Waals surface area (Å²) >= 11 is 0. The van der Waals surface area contributed by atoms with Crippen molar-refractivity contribution in [2.75, 3.05) is 50.4 Å². The van der Waals surface area contributed by atoms with Crippen molar-refractivity contribution in [1.29, 1.82) is 0 Å². The SMILES string of the molecule is COc1nc(CNC(=O)Nc2ccc3c(c2)OCO3)nc(N2CCOCC2)n1. The summed E-state index contributed by atoms with van der Waals surface area (Å²) in [7, 11) is 1.49. The lowest BCUT2D eigenvalue weighted by molar-refractivity contribution is 0.122. The average molecular weight is 388 g/mol. The topological polar surface area (TPSA) is 120 Å². The first kappa shape index (κ1) is 18.0. The predicted molar refractivity (Wildman–Crippen MR) is 97.8 cm³/mol. The van der Waals surface area contributed by atoms with Gasteiger partial charge in [-0.15, -0.1) is 0 Å². The van der Waals surface area contributed by atoms with Crippen LogP contribution >= 0.6 is 0 Å². The second-order valence-corrected chi connectivity index (χ2v) is 6.01. The summed E-state index contributed by atoms with van der Waals surface area (Å²) < 4.78 is 21.1. The molecule has 2 N–H and O–H groups in total. The molecule has 0 atom stereocenters. The van der Waals surface area contributed by atoms with Gasteiger partial charge >= 0.3 is 12.0 Å². The average Bonchev–Trinajstić information content (AvgIpc) is 3.20. The Morgan fingerprint density at radius 1 is 1.18 bits per heavy atom. The normalized spacial score (nSPS) is 15.2. The van der Waals surface area contributed by atoms with Gasteiger partial charge in [-0.3, -0.25) is 0 Å². The highest BCUT2D eigenvalue weighted by Gasteiger charge is 2.18. The van der Waals surface area contributed by atoms with E-state index in [2.05, 4.69) is 25.6 Å². The summed E-state index contributed by atoms with van der Waals surface area (Å²) in [5.41, 5.74) is 0.587. The van der Waals surface area contributed by atoms with Crippen molar-refractivity contribution in [1.82, 2.24) is 20.3 Å². The molecule has 1 aromatic carbocycles. The lowest BCUT2D eigenvalue weighted by Crippen LogP contribution is -2.38. The maximum absolute atomic E-state index is 12.2. The van der Waals surface area contributed by atoms with E-state index in [0.717, 1.165) is 0 Å². The first-order valence-electron chi connectivity index (χ1n) is 8.77. The Kier molecular flexibility index (Phi) is 5.24. The van der Waals surface area contributed by atoms with E-state index in [-0.39, 0.29) is 19.3 Å². The molecule has 4 rings (SSSR count). The van der Waals surface area contributed by atoms with E-state index in [1.165, 1.54) is 7.11 Å². The molecule has 11 heteroatoms. The molecule has 2 aliphatic rings. The zero-order valence-corrected chi connectivity index (χ0v) is 15.3. The predicted octanol–water partition coefficient (Wildman–Crippen LogP) is 0.767. The number of amides is 2. The van der Waals surface area contributed by atoms with E-state index in [0.29, 0.717) is 55.3 Å². The van der Waals surface area contributed by atoms with Gasteiger partial charge in [0.05, 0.1) is 26.9 Å². The third-order valence-corrected chi connectivity index (χ3v) is 4.16. The minimum atomic E-state index is -0.397. The molecule has 0 bridgehead atoms. The second-order valence-electron chi connectivity index (χ2n) is 6.01. The molecule has 2 aromatic rings. The molecule has 0 radical (unpaired) electrons. The fraction of sp³-hybridized carbons (Fsp3) is 0.412. The van der Waals surface area contributed by atoms with E-state index in [1.807, 2.05) is 4.90 Å². The molecule has 0 unspecified atom stereocenters. The van der Waals surface area contributed by atoms with Crippen LogP contribution in [0.5, 0.6) is 17.5 Å². The molecule has 2 aliphatic heterocycles. The van der Waals surface area contributed by atoms with E-state index >= 15 is 0 Å². The molecule has 0 aliphatic carbocycles. The Hall–Kier alpha value is -3.34. The number of rotatable bonds is 5. The number of benzene rings is 1. The van der Waals surface area contributed by atoms with Gasteiger partial charge in [-0.2, -0.15) is 15.0 Å². The van der Waals surface area contributed by atoms with Crippen molar-refractivity contribution in [3.8, 4) is 17.5 Å². The zero-order chi connectivity index (χ0) is 19.3. The van der Waals surface area contributed by atoms with Crippen molar-refractivity contribution < 1.29 is 23.7 Å². The van der Waals surface area contributed by atoms with Crippen LogP contribution in [0.25, 0.3) is 0 Å². The smallest absolute Gasteiger partial charge is 0.321 e. The van der Waals surface area contributed by atoms with Crippen LogP contribution in [-0.2, 0) is 11.3 Å². The molecule has 28 heavy (non-hydrogen) atoms. The standard InChI is InChI=1S/C17H20N6O5/c1-25-17-21-14(20-15(22-17)23-4-6-26-7-5-23)9-18-16(24)19-11-2-3-12-13(8-11)28-10-27-12/h2-3,8H,4-7,9-10H2,1H3,(H2,18,19,24). The highest BCUT2D eigenvalue weighted by molar-refractivity contribution is 5.89. The molecule has 0 spiro atoms. The van der Waals surface area contributed by atoms with Crippen molar-refractivity contribution in [2.45, 2.75) is 6.54 Å². The van der Waals surface area contributed by atoms with Crippen LogP contribution < -0.4 is 29.7 Å². The monoisotopic (exact) mass is 388 g/mol. The molecule has 1 aromatic heterocycles. The second kappa shape index (κ2) is 8.13. The number of nitrogens with one attached hydrogen (secondary N) is 2. The number of hydrogen-bond donors (Lipinski definition) is 2. The van der Waals surface area contributed by atoms with Crippen molar-refractivity contribution >= 4 is 17.7 Å². The molecule has 1 saturated heterocycles.